The Labute approximate surface area is 160 Å². The smallest absolute Gasteiger partial charge is 0.266 e. The molecule has 3 aromatic rings. The number of aryl methyl sites for hydroxylation is 1. The SMILES string of the molecule is Cn1cc(-c2ccc(N)c(C(=N)c3cc(N4CCC(F)(F)C4)ncn3)c2)cn1. The zero-order valence-electron chi connectivity index (χ0n) is 15.2. The first-order valence-corrected chi connectivity index (χ1v) is 8.75. The average molecular weight is 383 g/mol. The van der Waals surface area contributed by atoms with Crippen molar-refractivity contribution >= 4 is 17.2 Å². The van der Waals surface area contributed by atoms with Crippen molar-refractivity contribution in [1.29, 1.82) is 5.41 Å². The number of hydrogen-bond donors (Lipinski definition) is 2. The van der Waals surface area contributed by atoms with Crippen molar-refractivity contribution in [3.63, 3.8) is 0 Å². The van der Waals surface area contributed by atoms with E-state index in [1.165, 1.54) is 11.2 Å². The van der Waals surface area contributed by atoms with Crippen molar-refractivity contribution in [2.45, 2.75) is 12.3 Å². The van der Waals surface area contributed by atoms with Crippen molar-refractivity contribution in [2.75, 3.05) is 23.7 Å². The molecule has 4 rings (SSSR count). The fourth-order valence-electron chi connectivity index (χ4n) is 3.25. The summed E-state index contributed by atoms with van der Waals surface area (Å²) in [6.45, 7) is -0.162. The molecule has 0 bridgehead atoms. The molecule has 28 heavy (non-hydrogen) atoms. The highest BCUT2D eigenvalue weighted by Gasteiger charge is 2.38. The van der Waals surface area contributed by atoms with Gasteiger partial charge in [-0.1, -0.05) is 6.07 Å². The van der Waals surface area contributed by atoms with Crippen LogP contribution in [0.25, 0.3) is 11.1 Å². The highest BCUT2D eigenvalue weighted by atomic mass is 19.3. The second-order valence-electron chi connectivity index (χ2n) is 6.87. The van der Waals surface area contributed by atoms with Gasteiger partial charge in [-0.25, -0.2) is 18.7 Å². The van der Waals surface area contributed by atoms with E-state index in [4.69, 9.17) is 11.1 Å². The Kier molecular flexibility index (Phi) is 4.29. The van der Waals surface area contributed by atoms with Crippen LogP contribution in [-0.2, 0) is 7.05 Å². The first-order chi connectivity index (χ1) is 13.3. The maximum absolute atomic E-state index is 13.5. The van der Waals surface area contributed by atoms with Crippen LogP contribution in [0.5, 0.6) is 0 Å². The van der Waals surface area contributed by atoms with E-state index in [1.54, 1.807) is 29.1 Å². The van der Waals surface area contributed by atoms with E-state index in [9.17, 15) is 8.78 Å². The monoisotopic (exact) mass is 383 g/mol. The van der Waals surface area contributed by atoms with Crippen LogP contribution < -0.4 is 10.6 Å². The van der Waals surface area contributed by atoms with Gasteiger partial charge in [0.05, 0.1) is 24.1 Å². The van der Waals surface area contributed by atoms with Gasteiger partial charge in [0.15, 0.2) is 0 Å². The molecule has 3 heterocycles. The van der Waals surface area contributed by atoms with Gasteiger partial charge in [0.25, 0.3) is 5.92 Å². The first-order valence-electron chi connectivity index (χ1n) is 8.75. The fraction of sp³-hybridized carbons (Fsp3) is 0.263. The number of anilines is 2. The second-order valence-corrected chi connectivity index (χ2v) is 6.87. The minimum atomic E-state index is -2.72. The van der Waals surface area contributed by atoms with E-state index >= 15 is 0 Å². The molecule has 0 unspecified atom stereocenters. The highest BCUT2D eigenvalue weighted by Crippen LogP contribution is 2.30. The van der Waals surface area contributed by atoms with Gasteiger partial charge in [0.1, 0.15) is 12.1 Å². The molecule has 1 saturated heterocycles. The Balaban J connectivity index is 1.66. The lowest BCUT2D eigenvalue weighted by molar-refractivity contribution is 0.0256. The quantitative estimate of drug-likeness (QED) is 0.533. The van der Waals surface area contributed by atoms with Gasteiger partial charge in [-0.3, -0.25) is 10.1 Å². The number of nitrogens with two attached hydrogens (primary N) is 1. The number of halogens is 2. The molecule has 0 aliphatic carbocycles. The van der Waals surface area contributed by atoms with E-state index in [-0.39, 0.29) is 25.2 Å². The van der Waals surface area contributed by atoms with Crippen LogP contribution in [0.4, 0.5) is 20.3 Å². The topological polar surface area (TPSA) is 96.7 Å². The van der Waals surface area contributed by atoms with Crippen LogP contribution in [0.15, 0.2) is 43.0 Å². The summed E-state index contributed by atoms with van der Waals surface area (Å²) in [5.74, 6) is -2.34. The third kappa shape index (κ3) is 3.42. The number of nitrogens with zero attached hydrogens (tertiary/aromatic N) is 5. The molecular formula is C19H19F2N7. The van der Waals surface area contributed by atoms with Crippen molar-refractivity contribution in [3.05, 3.63) is 54.2 Å². The number of nitrogen functional groups attached to an aromatic ring is 1. The van der Waals surface area contributed by atoms with E-state index in [0.717, 1.165) is 11.1 Å². The summed E-state index contributed by atoms with van der Waals surface area (Å²) in [4.78, 5) is 9.75. The van der Waals surface area contributed by atoms with E-state index in [0.29, 0.717) is 22.8 Å². The van der Waals surface area contributed by atoms with Crippen LogP contribution in [0.3, 0.4) is 0 Å². The van der Waals surface area contributed by atoms with Gasteiger partial charge in [0, 0.05) is 49.1 Å². The lowest BCUT2D eigenvalue weighted by Crippen LogP contribution is -2.26. The summed E-state index contributed by atoms with van der Waals surface area (Å²) in [7, 11) is 1.83. The largest absolute Gasteiger partial charge is 0.398 e. The molecule has 3 N–H and O–H groups in total. The molecule has 2 aromatic heterocycles. The molecule has 1 aliphatic heterocycles. The van der Waals surface area contributed by atoms with Crippen LogP contribution in [0.2, 0.25) is 0 Å². The minimum Gasteiger partial charge on any atom is -0.398 e. The molecule has 0 amide bonds. The number of aromatic nitrogens is 4. The Bertz CT molecular complexity index is 1040. The molecule has 9 heteroatoms. The average Bonchev–Trinajstić information content (AvgIpc) is 3.27. The standard InChI is InChI=1S/C19H19F2N7/c1-27-9-13(8-26-27)12-2-3-15(22)14(6-12)18(23)16-7-17(25-11-24-16)28-5-4-19(20,21)10-28/h2-3,6-9,11,23H,4-5,10,22H2,1H3. The number of rotatable bonds is 4. The summed E-state index contributed by atoms with van der Waals surface area (Å²) in [5.41, 5.74) is 9.25. The van der Waals surface area contributed by atoms with Gasteiger partial charge in [-0.05, 0) is 17.7 Å². The predicted molar refractivity (Wildman–Crippen MR) is 103 cm³/mol. The van der Waals surface area contributed by atoms with Crippen molar-refractivity contribution in [1.82, 2.24) is 19.7 Å². The Hall–Kier alpha value is -3.36. The predicted octanol–water partition coefficient (Wildman–Crippen LogP) is 2.72. The molecular weight excluding hydrogens is 364 g/mol. The zero-order chi connectivity index (χ0) is 19.9. The van der Waals surface area contributed by atoms with Crippen molar-refractivity contribution in [2.24, 2.45) is 7.05 Å². The lowest BCUT2D eigenvalue weighted by atomic mass is 9.99. The molecule has 0 radical (unpaired) electrons. The molecule has 1 aromatic carbocycles. The van der Waals surface area contributed by atoms with Gasteiger partial charge in [-0.2, -0.15) is 5.10 Å². The Morgan fingerprint density at radius 1 is 1.21 bits per heavy atom. The van der Waals surface area contributed by atoms with E-state index < -0.39 is 5.92 Å². The minimum absolute atomic E-state index is 0.109. The first kappa shape index (κ1) is 18.0. The molecule has 0 atom stereocenters. The van der Waals surface area contributed by atoms with Crippen molar-refractivity contribution < 1.29 is 8.78 Å². The van der Waals surface area contributed by atoms with Crippen molar-refractivity contribution in [3.8, 4) is 11.1 Å². The van der Waals surface area contributed by atoms with Gasteiger partial charge in [0.2, 0.25) is 0 Å². The molecule has 144 valence electrons. The normalized spacial score (nSPS) is 15.8. The molecule has 0 saturated carbocycles. The fourth-order valence-corrected chi connectivity index (χ4v) is 3.25. The highest BCUT2D eigenvalue weighted by molar-refractivity contribution is 6.13. The summed E-state index contributed by atoms with van der Waals surface area (Å²) >= 11 is 0. The van der Waals surface area contributed by atoms with Crippen LogP contribution >= 0.6 is 0 Å². The summed E-state index contributed by atoms with van der Waals surface area (Å²) in [6.07, 6.45) is 4.69. The number of nitrogens with one attached hydrogen (secondary N) is 1. The van der Waals surface area contributed by atoms with E-state index in [1.807, 2.05) is 19.3 Å². The van der Waals surface area contributed by atoms with Gasteiger partial charge < -0.3 is 10.6 Å². The summed E-state index contributed by atoms with van der Waals surface area (Å²) in [5, 5.41) is 12.7. The Morgan fingerprint density at radius 3 is 2.71 bits per heavy atom. The molecule has 1 fully saturated rings. The molecule has 0 spiro atoms. The third-order valence-corrected chi connectivity index (χ3v) is 4.76. The molecule has 1 aliphatic rings. The molecule has 7 nitrogen and oxygen atoms in total. The Morgan fingerprint density at radius 2 is 2.04 bits per heavy atom. The lowest BCUT2D eigenvalue weighted by Gasteiger charge is -2.17. The van der Waals surface area contributed by atoms with E-state index in [2.05, 4.69) is 15.1 Å². The van der Waals surface area contributed by atoms with Crippen LogP contribution in [-0.4, -0.2) is 44.5 Å². The maximum Gasteiger partial charge on any atom is 0.266 e. The number of benzene rings is 1. The second kappa shape index (κ2) is 6.66. The van der Waals surface area contributed by atoms with Gasteiger partial charge >= 0.3 is 0 Å². The number of hydrogen-bond acceptors (Lipinski definition) is 6. The van der Waals surface area contributed by atoms with Gasteiger partial charge in [-0.15, -0.1) is 0 Å². The van der Waals surface area contributed by atoms with Crippen LogP contribution in [0.1, 0.15) is 17.7 Å². The number of alkyl halides is 2. The summed E-state index contributed by atoms with van der Waals surface area (Å²) in [6, 6.07) is 6.95. The summed E-state index contributed by atoms with van der Waals surface area (Å²) < 4.78 is 28.7. The van der Waals surface area contributed by atoms with Crippen LogP contribution in [0, 0.1) is 5.41 Å². The third-order valence-electron chi connectivity index (χ3n) is 4.76. The maximum atomic E-state index is 13.5. The zero-order valence-corrected chi connectivity index (χ0v) is 15.2.